The first kappa shape index (κ1) is 18.1. The Hall–Kier alpha value is -0.290. The minimum absolute atomic E-state index is 0.0768. The van der Waals surface area contributed by atoms with E-state index >= 15 is 0 Å². The maximum absolute atomic E-state index is 14.5. The molecule has 0 heterocycles. The fourth-order valence-corrected chi connectivity index (χ4v) is 3.97. The Balaban J connectivity index is 1.88. The molecule has 2 rings (SSSR count). The summed E-state index contributed by atoms with van der Waals surface area (Å²) in [7, 11) is 0. The van der Waals surface area contributed by atoms with E-state index in [0.29, 0.717) is 38.9 Å². The van der Waals surface area contributed by atoms with Crippen molar-refractivity contribution in [3.8, 4) is 0 Å². The van der Waals surface area contributed by atoms with Crippen molar-refractivity contribution >= 4 is 0 Å². The van der Waals surface area contributed by atoms with Crippen LogP contribution in [0.4, 0.5) is 13.2 Å². The molecule has 2 aliphatic rings. The number of ether oxygens (including phenoxy) is 2. The second kappa shape index (κ2) is 8.53. The first-order valence-electron chi connectivity index (χ1n) is 8.73. The van der Waals surface area contributed by atoms with E-state index in [0.717, 1.165) is 12.8 Å². The van der Waals surface area contributed by atoms with Gasteiger partial charge in [0.15, 0.2) is 6.17 Å². The lowest BCUT2D eigenvalue weighted by molar-refractivity contribution is -0.0984. The molecule has 0 N–H and O–H groups in total. The van der Waals surface area contributed by atoms with E-state index < -0.39 is 24.6 Å². The summed E-state index contributed by atoms with van der Waals surface area (Å²) in [5.74, 6) is -0.454. The van der Waals surface area contributed by atoms with E-state index in [-0.39, 0.29) is 17.9 Å². The van der Waals surface area contributed by atoms with E-state index in [4.69, 9.17) is 9.47 Å². The maximum Gasteiger partial charge on any atom is 0.157 e. The maximum atomic E-state index is 14.5. The average molecular weight is 322 g/mol. The summed E-state index contributed by atoms with van der Waals surface area (Å²) in [6, 6.07) is 0. The fraction of sp³-hybridized carbons (Fsp3) is 1.00. The minimum atomic E-state index is -1.58. The summed E-state index contributed by atoms with van der Waals surface area (Å²) in [6.07, 6.45) is -1.61. The first-order valence-corrected chi connectivity index (χ1v) is 8.73. The molecular weight excluding hydrogens is 293 g/mol. The number of hydrogen-bond donors (Lipinski definition) is 0. The van der Waals surface area contributed by atoms with E-state index in [1.165, 1.54) is 0 Å². The zero-order valence-electron chi connectivity index (χ0n) is 13.6. The smallest absolute Gasteiger partial charge is 0.157 e. The van der Waals surface area contributed by atoms with Crippen molar-refractivity contribution in [1.82, 2.24) is 0 Å². The van der Waals surface area contributed by atoms with Gasteiger partial charge in [-0.05, 0) is 57.3 Å². The van der Waals surface area contributed by atoms with Gasteiger partial charge in [-0.25, -0.2) is 13.2 Å². The van der Waals surface area contributed by atoms with Gasteiger partial charge >= 0.3 is 0 Å². The molecule has 2 nitrogen and oxygen atoms in total. The molecule has 0 radical (unpaired) electrons. The Morgan fingerprint density at radius 2 is 1.59 bits per heavy atom. The monoisotopic (exact) mass is 322 g/mol. The third kappa shape index (κ3) is 4.16. The Bertz CT molecular complexity index is 329. The van der Waals surface area contributed by atoms with E-state index in [9.17, 15) is 13.2 Å². The summed E-state index contributed by atoms with van der Waals surface area (Å²) in [4.78, 5) is 0. The van der Waals surface area contributed by atoms with Gasteiger partial charge in [0.1, 0.15) is 12.3 Å². The fourth-order valence-electron chi connectivity index (χ4n) is 3.97. The Morgan fingerprint density at radius 3 is 2.23 bits per heavy atom. The van der Waals surface area contributed by atoms with Crippen molar-refractivity contribution in [1.29, 1.82) is 0 Å². The van der Waals surface area contributed by atoms with Crippen molar-refractivity contribution in [2.75, 3.05) is 13.2 Å². The molecule has 5 heteroatoms. The van der Waals surface area contributed by atoms with Gasteiger partial charge in [0, 0.05) is 13.2 Å². The normalized spacial score (nSPS) is 43.2. The molecular formula is C17H29F3O2. The summed E-state index contributed by atoms with van der Waals surface area (Å²) in [5.41, 5.74) is 0. The van der Waals surface area contributed by atoms with Crippen LogP contribution in [0.15, 0.2) is 0 Å². The van der Waals surface area contributed by atoms with Gasteiger partial charge in [0.05, 0.1) is 12.2 Å². The predicted molar refractivity (Wildman–Crippen MR) is 80.2 cm³/mol. The average Bonchev–Trinajstić information content (AvgIpc) is 2.51. The molecule has 2 aliphatic carbocycles. The van der Waals surface area contributed by atoms with Crippen LogP contribution in [0.2, 0.25) is 0 Å². The highest BCUT2D eigenvalue weighted by atomic mass is 19.2. The Kier molecular flexibility index (Phi) is 7.00. The van der Waals surface area contributed by atoms with Crippen LogP contribution >= 0.6 is 0 Å². The van der Waals surface area contributed by atoms with Gasteiger partial charge in [-0.3, -0.25) is 0 Å². The third-order valence-corrected chi connectivity index (χ3v) is 5.13. The van der Waals surface area contributed by atoms with Crippen LogP contribution in [-0.4, -0.2) is 43.9 Å². The van der Waals surface area contributed by atoms with Gasteiger partial charge in [-0.15, -0.1) is 0 Å². The van der Waals surface area contributed by atoms with Crippen molar-refractivity contribution in [3.63, 3.8) is 0 Å². The van der Waals surface area contributed by atoms with Crippen LogP contribution < -0.4 is 0 Å². The molecule has 22 heavy (non-hydrogen) atoms. The van der Waals surface area contributed by atoms with Crippen LogP contribution in [0.3, 0.4) is 0 Å². The summed E-state index contributed by atoms with van der Waals surface area (Å²) >= 11 is 0. The molecule has 0 aromatic rings. The second-order valence-corrected chi connectivity index (χ2v) is 6.62. The minimum Gasteiger partial charge on any atom is -0.375 e. The standard InChI is InChI=1S/C17H29F3O2/c1-3-9-22-15-8-6-12(16(19)17(15)20)11-5-7-14(21-4-2)13(18)10-11/h11-17H,3-10H2,1-2H3. The van der Waals surface area contributed by atoms with Gasteiger partial charge in [-0.1, -0.05) is 6.92 Å². The zero-order valence-corrected chi connectivity index (χ0v) is 13.6. The van der Waals surface area contributed by atoms with Crippen molar-refractivity contribution < 1.29 is 22.6 Å². The van der Waals surface area contributed by atoms with E-state index in [1.54, 1.807) is 0 Å². The number of halogens is 3. The third-order valence-electron chi connectivity index (χ3n) is 5.13. The molecule has 130 valence electrons. The lowest BCUT2D eigenvalue weighted by Gasteiger charge is -2.42. The largest absolute Gasteiger partial charge is 0.375 e. The highest BCUT2D eigenvalue weighted by molar-refractivity contribution is 4.94. The number of alkyl halides is 3. The molecule has 0 spiro atoms. The molecule has 7 unspecified atom stereocenters. The lowest BCUT2D eigenvalue weighted by Crippen LogP contribution is -2.47. The van der Waals surface area contributed by atoms with Crippen molar-refractivity contribution in [2.24, 2.45) is 11.8 Å². The SMILES string of the molecule is CCCOC1CCC(C2CCC(OCC)C(F)C2)C(F)C1F. The topological polar surface area (TPSA) is 18.5 Å². The van der Waals surface area contributed by atoms with E-state index in [1.807, 2.05) is 13.8 Å². The summed E-state index contributed by atoms with van der Waals surface area (Å²) in [6.45, 7) is 4.76. The molecule has 0 aromatic carbocycles. The molecule has 0 aromatic heterocycles. The molecule has 0 saturated heterocycles. The van der Waals surface area contributed by atoms with Gasteiger partial charge in [0.2, 0.25) is 0 Å². The predicted octanol–water partition coefficient (Wildman–Crippen LogP) is 4.41. The van der Waals surface area contributed by atoms with Crippen LogP contribution in [-0.2, 0) is 9.47 Å². The molecule has 0 amide bonds. The molecule has 2 fully saturated rings. The van der Waals surface area contributed by atoms with Crippen LogP contribution in [0.5, 0.6) is 0 Å². The highest BCUT2D eigenvalue weighted by Crippen LogP contribution is 2.42. The lowest BCUT2D eigenvalue weighted by atomic mass is 9.70. The quantitative estimate of drug-likeness (QED) is 0.721. The first-order chi connectivity index (χ1) is 10.6. The highest BCUT2D eigenvalue weighted by Gasteiger charge is 2.46. The summed E-state index contributed by atoms with van der Waals surface area (Å²) in [5, 5.41) is 0. The zero-order chi connectivity index (χ0) is 16.1. The molecule has 2 saturated carbocycles. The van der Waals surface area contributed by atoms with Crippen LogP contribution in [0.1, 0.15) is 52.4 Å². The van der Waals surface area contributed by atoms with Gasteiger partial charge in [0.25, 0.3) is 0 Å². The van der Waals surface area contributed by atoms with E-state index in [2.05, 4.69) is 0 Å². The number of hydrogen-bond acceptors (Lipinski definition) is 2. The van der Waals surface area contributed by atoms with Gasteiger partial charge in [-0.2, -0.15) is 0 Å². The summed E-state index contributed by atoms with van der Waals surface area (Å²) < 4.78 is 53.6. The molecule has 7 atom stereocenters. The Labute approximate surface area is 131 Å². The second-order valence-electron chi connectivity index (χ2n) is 6.62. The van der Waals surface area contributed by atoms with Crippen molar-refractivity contribution in [2.45, 2.75) is 83.1 Å². The van der Waals surface area contributed by atoms with Crippen LogP contribution in [0, 0.1) is 11.8 Å². The van der Waals surface area contributed by atoms with Gasteiger partial charge < -0.3 is 9.47 Å². The van der Waals surface area contributed by atoms with Crippen LogP contribution in [0.25, 0.3) is 0 Å². The number of rotatable bonds is 6. The van der Waals surface area contributed by atoms with Crippen molar-refractivity contribution in [3.05, 3.63) is 0 Å². The molecule has 0 aliphatic heterocycles. The molecule has 0 bridgehead atoms. The Morgan fingerprint density at radius 1 is 0.864 bits per heavy atom.